The Balaban J connectivity index is 1.67. The van der Waals surface area contributed by atoms with E-state index in [0.29, 0.717) is 16.8 Å². The molecule has 0 saturated heterocycles. The Labute approximate surface area is 158 Å². The molecule has 0 aliphatic heterocycles. The Kier molecular flexibility index (Phi) is 6.16. The summed E-state index contributed by atoms with van der Waals surface area (Å²) in [5.41, 5.74) is 1.57. The van der Waals surface area contributed by atoms with Crippen molar-refractivity contribution in [1.82, 2.24) is 10.3 Å². The first-order chi connectivity index (χ1) is 13.2. The van der Waals surface area contributed by atoms with Gasteiger partial charge in [0.2, 0.25) is 0 Å². The number of carbonyl (C=O) groups excluding carboxylic acids is 2. The number of carbonyl (C=O) groups is 2. The summed E-state index contributed by atoms with van der Waals surface area (Å²) >= 11 is 0. The molecule has 2 N–H and O–H groups in total. The molecule has 1 heterocycles. The van der Waals surface area contributed by atoms with Crippen LogP contribution in [0.15, 0.2) is 42.6 Å². The number of nitriles is 1. The third-order valence-corrected chi connectivity index (χ3v) is 4.69. The fourth-order valence-electron chi connectivity index (χ4n) is 3.25. The summed E-state index contributed by atoms with van der Waals surface area (Å²) in [5, 5.41) is 14.7. The number of hydrogen-bond acceptors (Lipinski definition) is 4. The van der Waals surface area contributed by atoms with Crippen molar-refractivity contribution in [2.75, 3.05) is 5.32 Å². The summed E-state index contributed by atoms with van der Waals surface area (Å²) in [6, 6.07) is 11.9. The highest BCUT2D eigenvalue weighted by atomic mass is 16.2. The molecule has 1 fully saturated rings. The molecule has 1 aromatic heterocycles. The minimum atomic E-state index is -0.351. The van der Waals surface area contributed by atoms with Crippen molar-refractivity contribution in [3.63, 3.8) is 0 Å². The second kappa shape index (κ2) is 8.95. The highest BCUT2D eigenvalue weighted by Gasteiger charge is 2.17. The van der Waals surface area contributed by atoms with Crippen molar-refractivity contribution in [2.45, 2.75) is 44.6 Å². The van der Waals surface area contributed by atoms with Crippen LogP contribution in [0.2, 0.25) is 0 Å². The lowest BCUT2D eigenvalue weighted by Crippen LogP contribution is -2.35. The Hall–Kier alpha value is -3.20. The van der Waals surface area contributed by atoms with Gasteiger partial charge in [-0.25, -0.2) is 0 Å². The summed E-state index contributed by atoms with van der Waals surface area (Å²) in [5.74, 6) is -0.598. The molecule has 0 bridgehead atoms. The molecule has 6 nitrogen and oxygen atoms in total. The van der Waals surface area contributed by atoms with Crippen molar-refractivity contribution in [2.24, 2.45) is 0 Å². The van der Waals surface area contributed by atoms with Crippen LogP contribution in [-0.2, 0) is 0 Å². The van der Waals surface area contributed by atoms with Gasteiger partial charge >= 0.3 is 0 Å². The van der Waals surface area contributed by atoms with Crippen molar-refractivity contribution >= 4 is 17.5 Å². The van der Waals surface area contributed by atoms with Crippen LogP contribution in [0.1, 0.15) is 64.9 Å². The van der Waals surface area contributed by atoms with E-state index >= 15 is 0 Å². The number of rotatable bonds is 4. The van der Waals surface area contributed by atoms with Crippen LogP contribution < -0.4 is 10.6 Å². The molecule has 1 aromatic carbocycles. The number of hydrogen-bond donors (Lipinski definition) is 2. The first-order valence-electron chi connectivity index (χ1n) is 9.24. The molecule has 1 aliphatic rings. The molecular formula is C21H22N4O2. The first kappa shape index (κ1) is 18.6. The lowest BCUT2D eigenvalue weighted by atomic mass is 10.1. The van der Waals surface area contributed by atoms with Crippen molar-refractivity contribution in [3.8, 4) is 6.07 Å². The zero-order chi connectivity index (χ0) is 19.1. The summed E-state index contributed by atoms with van der Waals surface area (Å²) in [7, 11) is 0. The van der Waals surface area contributed by atoms with Gasteiger partial charge in [0.15, 0.2) is 0 Å². The van der Waals surface area contributed by atoms with Crippen LogP contribution in [0.5, 0.6) is 0 Å². The van der Waals surface area contributed by atoms with E-state index in [0.717, 1.165) is 25.7 Å². The van der Waals surface area contributed by atoms with E-state index in [1.165, 1.54) is 25.1 Å². The highest BCUT2D eigenvalue weighted by Crippen LogP contribution is 2.18. The van der Waals surface area contributed by atoms with E-state index in [4.69, 9.17) is 5.26 Å². The molecule has 0 spiro atoms. The monoisotopic (exact) mass is 362 g/mol. The standard InChI is InChI=1S/C21H22N4O2/c22-14-15-6-5-9-18(12-15)25-20(26)16-10-11-23-19(13-16)21(27)24-17-7-3-1-2-4-8-17/h5-6,9-13,17H,1-4,7-8H2,(H,24,27)(H,25,26). The zero-order valence-corrected chi connectivity index (χ0v) is 15.1. The van der Waals surface area contributed by atoms with Gasteiger partial charge in [-0.1, -0.05) is 31.7 Å². The maximum Gasteiger partial charge on any atom is 0.270 e. The van der Waals surface area contributed by atoms with Gasteiger partial charge < -0.3 is 10.6 Å². The summed E-state index contributed by atoms with van der Waals surface area (Å²) < 4.78 is 0. The summed E-state index contributed by atoms with van der Waals surface area (Å²) in [6.45, 7) is 0. The molecule has 6 heteroatoms. The minimum absolute atomic E-state index is 0.174. The Morgan fingerprint density at radius 3 is 2.56 bits per heavy atom. The average molecular weight is 362 g/mol. The van der Waals surface area contributed by atoms with Crippen molar-refractivity contribution in [1.29, 1.82) is 5.26 Å². The second-order valence-electron chi connectivity index (χ2n) is 6.74. The van der Waals surface area contributed by atoms with Crippen LogP contribution in [-0.4, -0.2) is 22.8 Å². The molecule has 1 aliphatic carbocycles. The Morgan fingerprint density at radius 1 is 1.04 bits per heavy atom. The van der Waals surface area contributed by atoms with Gasteiger partial charge in [-0.3, -0.25) is 14.6 Å². The van der Waals surface area contributed by atoms with Crippen LogP contribution in [0, 0.1) is 11.3 Å². The SMILES string of the molecule is N#Cc1cccc(NC(=O)c2ccnc(C(=O)NC3CCCCCC3)c2)c1. The fraction of sp³-hybridized carbons (Fsp3) is 0.333. The Bertz CT molecular complexity index is 864. The van der Waals surface area contributed by atoms with Crippen molar-refractivity contribution in [3.05, 3.63) is 59.4 Å². The van der Waals surface area contributed by atoms with E-state index in [1.54, 1.807) is 30.3 Å². The smallest absolute Gasteiger partial charge is 0.270 e. The topological polar surface area (TPSA) is 94.9 Å². The molecule has 2 aromatic rings. The third kappa shape index (κ3) is 5.14. The van der Waals surface area contributed by atoms with E-state index in [1.807, 2.05) is 6.07 Å². The molecule has 138 valence electrons. The number of nitrogens with one attached hydrogen (secondary N) is 2. The quantitative estimate of drug-likeness (QED) is 0.812. The molecule has 1 saturated carbocycles. The molecular weight excluding hydrogens is 340 g/mol. The summed E-state index contributed by atoms with van der Waals surface area (Å²) in [4.78, 5) is 29.1. The number of benzene rings is 1. The minimum Gasteiger partial charge on any atom is -0.348 e. The van der Waals surface area contributed by atoms with Gasteiger partial charge in [0.05, 0.1) is 11.6 Å². The van der Waals surface area contributed by atoms with Crippen molar-refractivity contribution < 1.29 is 9.59 Å². The van der Waals surface area contributed by atoms with Crippen LogP contribution in [0.4, 0.5) is 5.69 Å². The normalized spacial score (nSPS) is 14.6. The maximum absolute atomic E-state index is 12.5. The van der Waals surface area contributed by atoms with Gasteiger partial charge in [-0.05, 0) is 43.2 Å². The van der Waals surface area contributed by atoms with E-state index in [-0.39, 0.29) is 23.6 Å². The fourth-order valence-corrected chi connectivity index (χ4v) is 3.25. The number of pyridine rings is 1. The van der Waals surface area contributed by atoms with Gasteiger partial charge in [-0.2, -0.15) is 5.26 Å². The number of amides is 2. The highest BCUT2D eigenvalue weighted by molar-refractivity contribution is 6.05. The number of anilines is 1. The van der Waals surface area contributed by atoms with Crippen LogP contribution in [0.25, 0.3) is 0 Å². The second-order valence-corrected chi connectivity index (χ2v) is 6.74. The lowest BCUT2D eigenvalue weighted by Gasteiger charge is -2.16. The molecule has 0 atom stereocenters. The van der Waals surface area contributed by atoms with Gasteiger partial charge in [0, 0.05) is 23.5 Å². The predicted molar refractivity (Wildman–Crippen MR) is 102 cm³/mol. The number of nitrogens with zero attached hydrogens (tertiary/aromatic N) is 2. The molecule has 27 heavy (non-hydrogen) atoms. The number of aromatic nitrogens is 1. The van der Waals surface area contributed by atoms with Gasteiger partial charge in [-0.15, -0.1) is 0 Å². The zero-order valence-electron chi connectivity index (χ0n) is 15.1. The van der Waals surface area contributed by atoms with E-state index in [2.05, 4.69) is 15.6 Å². The van der Waals surface area contributed by atoms with Gasteiger partial charge in [0.1, 0.15) is 5.69 Å². The largest absolute Gasteiger partial charge is 0.348 e. The molecule has 3 rings (SSSR count). The van der Waals surface area contributed by atoms with E-state index in [9.17, 15) is 9.59 Å². The lowest BCUT2D eigenvalue weighted by molar-refractivity contribution is 0.0928. The summed E-state index contributed by atoms with van der Waals surface area (Å²) in [6.07, 6.45) is 8.12. The predicted octanol–water partition coefficient (Wildman–Crippen LogP) is 3.66. The van der Waals surface area contributed by atoms with Crippen LogP contribution in [0.3, 0.4) is 0 Å². The molecule has 2 amide bonds. The molecule has 0 radical (unpaired) electrons. The van der Waals surface area contributed by atoms with E-state index < -0.39 is 0 Å². The Morgan fingerprint density at radius 2 is 1.81 bits per heavy atom. The molecule has 0 unspecified atom stereocenters. The first-order valence-corrected chi connectivity index (χ1v) is 9.24. The third-order valence-electron chi connectivity index (χ3n) is 4.69. The van der Waals surface area contributed by atoms with Crippen LogP contribution >= 0.6 is 0 Å². The van der Waals surface area contributed by atoms with Gasteiger partial charge in [0.25, 0.3) is 11.8 Å². The average Bonchev–Trinajstić information content (AvgIpc) is 2.97. The maximum atomic E-state index is 12.5.